The summed E-state index contributed by atoms with van der Waals surface area (Å²) in [5.74, 6) is -1.78. The number of primary amides is 1. The fourth-order valence-corrected chi connectivity index (χ4v) is 5.26. The van der Waals surface area contributed by atoms with Gasteiger partial charge < -0.3 is 26.3 Å². The highest BCUT2D eigenvalue weighted by Gasteiger charge is 2.37. The van der Waals surface area contributed by atoms with Crippen LogP contribution in [0.3, 0.4) is 0 Å². The third kappa shape index (κ3) is 5.40. The van der Waals surface area contributed by atoms with Crippen LogP contribution in [0.5, 0.6) is 11.5 Å². The average Bonchev–Trinajstić information content (AvgIpc) is 3.56. The van der Waals surface area contributed by atoms with Crippen molar-refractivity contribution in [2.75, 3.05) is 24.9 Å². The molecule has 3 aromatic rings. The minimum atomic E-state index is -1.22. The largest absolute Gasteiger partial charge is 0.493 e. The Morgan fingerprint density at radius 3 is 2.32 bits per heavy atom. The number of carbonyl (C=O) groups excluding carboxylic acids is 3. The molecule has 5 N–H and O–H groups in total. The van der Waals surface area contributed by atoms with Crippen LogP contribution in [0.25, 0.3) is 0 Å². The van der Waals surface area contributed by atoms with Gasteiger partial charge in [0.05, 0.1) is 19.9 Å². The molecule has 1 aliphatic carbocycles. The highest BCUT2D eigenvalue weighted by molar-refractivity contribution is 7.09. The van der Waals surface area contributed by atoms with E-state index in [1.165, 1.54) is 43.4 Å². The average molecular weight is 542 g/mol. The minimum absolute atomic E-state index is 0.0507. The van der Waals surface area contributed by atoms with Crippen LogP contribution in [-0.2, 0) is 4.79 Å². The number of aromatic nitrogens is 1. The van der Waals surface area contributed by atoms with Crippen LogP contribution in [-0.4, -0.2) is 42.4 Å². The molecule has 2 aromatic carbocycles. The monoisotopic (exact) mass is 541 g/mol. The number of amides is 3. The van der Waals surface area contributed by atoms with Gasteiger partial charge in [-0.2, -0.15) is 4.37 Å². The van der Waals surface area contributed by atoms with Crippen molar-refractivity contribution in [3.05, 3.63) is 64.4 Å². The van der Waals surface area contributed by atoms with Crippen LogP contribution in [0.2, 0.25) is 0 Å². The number of benzene rings is 2. The Morgan fingerprint density at radius 1 is 1.08 bits per heavy atom. The molecule has 12 heteroatoms. The third-order valence-electron chi connectivity index (χ3n) is 6.41. The molecule has 0 radical (unpaired) electrons. The standard InChI is InChI=1S/C26H28FN5O5S/c1-36-18-12-7-14(13-19(18)37-2)22(25(34)30-16-5-3-4-6-16)32(17-10-8-15(27)9-11-17)26(35)23-20(28)21(24(29)33)31-38-23/h7-13,16,22H,3-6,28H2,1-2H3,(H2,29,33)(H,30,34)/t22-/m0/s1. The first-order chi connectivity index (χ1) is 18.2. The van der Waals surface area contributed by atoms with Crippen LogP contribution in [0, 0.1) is 5.82 Å². The van der Waals surface area contributed by atoms with E-state index in [1.54, 1.807) is 18.2 Å². The van der Waals surface area contributed by atoms with E-state index in [0.29, 0.717) is 28.6 Å². The van der Waals surface area contributed by atoms with Gasteiger partial charge in [-0.05, 0) is 66.3 Å². The summed E-state index contributed by atoms with van der Waals surface area (Å²) >= 11 is 0.692. The van der Waals surface area contributed by atoms with Gasteiger partial charge in [0.2, 0.25) is 5.91 Å². The second-order valence-corrected chi connectivity index (χ2v) is 9.57. The van der Waals surface area contributed by atoms with Crippen molar-refractivity contribution in [2.45, 2.75) is 37.8 Å². The number of anilines is 2. The lowest BCUT2D eigenvalue weighted by Crippen LogP contribution is -2.46. The fraction of sp³-hybridized carbons (Fsp3) is 0.308. The molecule has 1 atom stereocenters. The first-order valence-electron chi connectivity index (χ1n) is 11.9. The van der Waals surface area contributed by atoms with Crippen molar-refractivity contribution in [2.24, 2.45) is 5.73 Å². The van der Waals surface area contributed by atoms with Gasteiger partial charge in [-0.1, -0.05) is 18.9 Å². The Kier molecular flexibility index (Phi) is 8.10. The zero-order valence-electron chi connectivity index (χ0n) is 20.9. The summed E-state index contributed by atoms with van der Waals surface area (Å²) in [4.78, 5) is 40.8. The molecule has 0 aliphatic heterocycles. The number of nitrogen functional groups attached to an aromatic ring is 1. The number of rotatable bonds is 9. The summed E-state index contributed by atoms with van der Waals surface area (Å²) in [5, 5.41) is 3.05. The summed E-state index contributed by atoms with van der Waals surface area (Å²) in [6, 6.07) is 8.75. The third-order valence-corrected chi connectivity index (χ3v) is 7.26. The Bertz CT molecular complexity index is 1340. The summed E-state index contributed by atoms with van der Waals surface area (Å²) in [6.07, 6.45) is 3.61. The number of carbonyl (C=O) groups is 3. The lowest BCUT2D eigenvalue weighted by atomic mass is 10.0. The van der Waals surface area contributed by atoms with Crippen LogP contribution in [0.1, 0.15) is 57.4 Å². The number of nitrogens with two attached hydrogens (primary N) is 2. The van der Waals surface area contributed by atoms with E-state index in [2.05, 4.69) is 9.69 Å². The molecular weight excluding hydrogens is 513 g/mol. The van der Waals surface area contributed by atoms with Crippen molar-refractivity contribution < 1.29 is 28.2 Å². The lowest BCUT2D eigenvalue weighted by molar-refractivity contribution is -0.123. The molecule has 1 saturated carbocycles. The highest BCUT2D eigenvalue weighted by atomic mass is 32.1. The number of methoxy groups -OCH3 is 2. The summed E-state index contributed by atoms with van der Waals surface area (Å²) < 4.78 is 28.6. The molecule has 0 bridgehead atoms. The molecule has 10 nitrogen and oxygen atoms in total. The lowest BCUT2D eigenvalue weighted by Gasteiger charge is -2.32. The van der Waals surface area contributed by atoms with E-state index in [0.717, 1.165) is 25.7 Å². The fourth-order valence-electron chi connectivity index (χ4n) is 4.51. The van der Waals surface area contributed by atoms with Crippen molar-refractivity contribution >= 4 is 40.6 Å². The van der Waals surface area contributed by atoms with Gasteiger partial charge >= 0.3 is 0 Å². The zero-order valence-corrected chi connectivity index (χ0v) is 21.7. The summed E-state index contributed by atoms with van der Waals surface area (Å²) in [5.41, 5.74) is 11.6. The van der Waals surface area contributed by atoms with E-state index in [9.17, 15) is 18.8 Å². The molecule has 0 spiro atoms. The van der Waals surface area contributed by atoms with E-state index in [1.807, 2.05) is 0 Å². The van der Waals surface area contributed by atoms with Gasteiger partial charge in [-0.25, -0.2) is 4.39 Å². The van der Waals surface area contributed by atoms with Crippen LogP contribution >= 0.6 is 11.5 Å². The number of hydrogen-bond donors (Lipinski definition) is 3. The zero-order chi connectivity index (χ0) is 27.4. The normalized spacial score (nSPS) is 14.1. The molecule has 0 saturated heterocycles. The maximum atomic E-state index is 14.1. The van der Waals surface area contributed by atoms with E-state index in [4.69, 9.17) is 20.9 Å². The van der Waals surface area contributed by atoms with Crippen molar-refractivity contribution in [3.63, 3.8) is 0 Å². The van der Waals surface area contributed by atoms with Crippen LogP contribution < -0.4 is 31.2 Å². The predicted molar refractivity (Wildman–Crippen MR) is 141 cm³/mol. The maximum Gasteiger partial charge on any atom is 0.273 e. The Balaban J connectivity index is 1.89. The Morgan fingerprint density at radius 2 is 1.74 bits per heavy atom. The Hall–Kier alpha value is -4.19. The smallest absolute Gasteiger partial charge is 0.273 e. The molecule has 1 heterocycles. The number of hydrogen-bond acceptors (Lipinski definition) is 8. The van der Waals surface area contributed by atoms with Crippen molar-refractivity contribution in [3.8, 4) is 11.5 Å². The van der Waals surface area contributed by atoms with E-state index in [-0.39, 0.29) is 28.0 Å². The SMILES string of the molecule is COc1ccc([C@@H](C(=O)NC2CCCC2)N(C(=O)c2snc(C(N)=O)c2N)c2ccc(F)cc2)cc1OC. The van der Waals surface area contributed by atoms with Gasteiger partial charge in [-0.3, -0.25) is 19.3 Å². The van der Waals surface area contributed by atoms with Crippen molar-refractivity contribution in [1.82, 2.24) is 9.69 Å². The minimum Gasteiger partial charge on any atom is -0.493 e. The number of nitrogens with zero attached hydrogens (tertiary/aromatic N) is 2. The molecule has 1 aromatic heterocycles. The molecule has 4 rings (SSSR count). The number of ether oxygens (including phenoxy) is 2. The Labute approximate surface area is 222 Å². The summed E-state index contributed by atoms with van der Waals surface area (Å²) in [7, 11) is 2.94. The second-order valence-electron chi connectivity index (χ2n) is 8.80. The maximum absolute atomic E-state index is 14.1. The van der Waals surface area contributed by atoms with Crippen LogP contribution in [0.4, 0.5) is 15.8 Å². The van der Waals surface area contributed by atoms with Gasteiger partial charge in [-0.15, -0.1) is 0 Å². The quantitative estimate of drug-likeness (QED) is 0.376. The van der Waals surface area contributed by atoms with E-state index >= 15 is 0 Å². The molecule has 38 heavy (non-hydrogen) atoms. The molecule has 0 unspecified atom stereocenters. The highest BCUT2D eigenvalue weighted by Crippen LogP contribution is 2.37. The second kappa shape index (κ2) is 11.5. The van der Waals surface area contributed by atoms with E-state index < -0.39 is 29.6 Å². The molecule has 200 valence electrons. The predicted octanol–water partition coefficient (Wildman–Crippen LogP) is 3.43. The van der Waals surface area contributed by atoms with Crippen LogP contribution in [0.15, 0.2) is 42.5 Å². The molecule has 1 aliphatic rings. The first kappa shape index (κ1) is 26.9. The molecule has 3 amide bonds. The van der Waals surface area contributed by atoms with Gasteiger partial charge in [0.25, 0.3) is 11.8 Å². The van der Waals surface area contributed by atoms with Gasteiger partial charge in [0.15, 0.2) is 17.2 Å². The van der Waals surface area contributed by atoms with Crippen molar-refractivity contribution in [1.29, 1.82) is 0 Å². The first-order valence-corrected chi connectivity index (χ1v) is 12.7. The molecular formula is C26H28FN5O5S. The number of nitrogens with one attached hydrogen (secondary N) is 1. The van der Waals surface area contributed by atoms with Gasteiger partial charge in [0, 0.05) is 11.7 Å². The topological polar surface area (TPSA) is 150 Å². The number of halogens is 1. The summed E-state index contributed by atoms with van der Waals surface area (Å²) in [6.45, 7) is 0. The molecule has 1 fully saturated rings. The van der Waals surface area contributed by atoms with Gasteiger partial charge in [0.1, 0.15) is 16.7 Å².